The summed E-state index contributed by atoms with van der Waals surface area (Å²) in [6.07, 6.45) is 67.8. The number of hydrogen-bond acceptors (Lipinski definition) is 6. The van der Waals surface area contributed by atoms with Crippen LogP contribution in [0.2, 0.25) is 0 Å². The summed E-state index contributed by atoms with van der Waals surface area (Å²) in [7, 11) is 1.70. The molecule has 0 heterocycles. The van der Waals surface area contributed by atoms with Crippen molar-refractivity contribution in [2.45, 2.75) is 347 Å². The van der Waals surface area contributed by atoms with Crippen LogP contribution in [0.1, 0.15) is 341 Å². The molecule has 0 radical (unpaired) electrons. The van der Waals surface area contributed by atoms with Gasteiger partial charge in [0.05, 0.1) is 34.4 Å². The van der Waals surface area contributed by atoms with Crippen molar-refractivity contribution in [1.29, 1.82) is 0 Å². The van der Waals surface area contributed by atoms with Crippen molar-refractivity contribution < 1.29 is 37.3 Å². The van der Waals surface area contributed by atoms with E-state index in [1.165, 1.54) is 289 Å². The molecule has 8 nitrogen and oxygen atoms in total. The van der Waals surface area contributed by atoms with Crippen LogP contribution >= 0.6 is 7.82 Å². The summed E-state index contributed by atoms with van der Waals surface area (Å²) in [4.78, 5) is 23.1. The molecule has 0 saturated heterocycles. The molecule has 72 heavy (non-hydrogen) atoms. The fourth-order valence-corrected chi connectivity index (χ4v) is 10.7. The lowest BCUT2D eigenvalue weighted by atomic mass is 10.0. The molecule has 1 N–H and O–H groups in total. The summed E-state index contributed by atoms with van der Waals surface area (Å²) in [5.41, 5.74) is 0. The minimum atomic E-state index is -4.28. The minimum Gasteiger partial charge on any atom is -0.457 e. The predicted octanol–water partition coefficient (Wildman–Crippen LogP) is 20.7. The van der Waals surface area contributed by atoms with E-state index in [4.69, 9.17) is 18.5 Å². The average molecular weight is 1040 g/mol. The topological polar surface area (TPSA) is 91.3 Å². The van der Waals surface area contributed by atoms with E-state index >= 15 is 0 Å². The minimum absolute atomic E-state index is 0.0945. The van der Waals surface area contributed by atoms with Crippen molar-refractivity contribution in [3.05, 3.63) is 0 Å². The van der Waals surface area contributed by atoms with Gasteiger partial charge in [-0.3, -0.25) is 13.8 Å². The van der Waals surface area contributed by atoms with Crippen LogP contribution in [0, 0.1) is 0 Å². The zero-order valence-corrected chi connectivity index (χ0v) is 50.4. The summed E-state index contributed by atoms with van der Waals surface area (Å²) in [6.45, 7) is 5.72. The quantitative estimate of drug-likeness (QED) is 0.0281. The molecule has 0 spiro atoms. The van der Waals surface area contributed by atoms with Crippen molar-refractivity contribution in [3.8, 4) is 0 Å². The number of esters is 1. The first-order valence-electron chi connectivity index (χ1n) is 32.3. The van der Waals surface area contributed by atoms with E-state index in [9.17, 15) is 14.3 Å². The van der Waals surface area contributed by atoms with Crippen LogP contribution in [-0.4, -0.2) is 75.6 Å². The summed E-state index contributed by atoms with van der Waals surface area (Å²) >= 11 is 0. The monoisotopic (exact) mass is 1040 g/mol. The first-order valence-corrected chi connectivity index (χ1v) is 33.8. The molecule has 0 aliphatic rings. The van der Waals surface area contributed by atoms with Gasteiger partial charge in [-0.1, -0.05) is 322 Å². The zero-order chi connectivity index (χ0) is 52.6. The number of rotatable bonds is 62. The Balaban J connectivity index is 3.84. The molecule has 0 amide bonds. The van der Waals surface area contributed by atoms with E-state index in [1.54, 1.807) is 0 Å². The normalized spacial score (nSPS) is 13.2. The summed E-state index contributed by atoms with van der Waals surface area (Å²) in [5, 5.41) is 0. The highest BCUT2D eigenvalue weighted by Gasteiger charge is 2.26. The summed E-state index contributed by atoms with van der Waals surface area (Å²) in [5.74, 6) is -0.302. The maximum absolute atomic E-state index is 12.8. The molecule has 0 bridgehead atoms. The lowest BCUT2D eigenvalue weighted by Crippen LogP contribution is -2.37. The van der Waals surface area contributed by atoms with E-state index < -0.39 is 13.9 Å². The molecular weight excluding hydrogens is 914 g/mol. The number of unbranched alkanes of at least 4 members (excludes halogenated alkanes) is 48. The Morgan fingerprint density at radius 1 is 0.375 bits per heavy atom. The molecule has 432 valence electrons. The molecule has 1 unspecified atom stereocenters. The Morgan fingerprint density at radius 3 is 0.917 bits per heavy atom. The third-order valence-corrected chi connectivity index (χ3v) is 15.9. The van der Waals surface area contributed by atoms with Crippen molar-refractivity contribution in [2.75, 3.05) is 54.1 Å². The Hall–Kier alpha value is -0.500. The fourth-order valence-electron chi connectivity index (χ4n) is 9.97. The van der Waals surface area contributed by atoms with Gasteiger partial charge in [-0.2, -0.15) is 0 Å². The van der Waals surface area contributed by atoms with E-state index in [1.807, 2.05) is 21.1 Å². The number of phosphoric ester groups is 1. The molecule has 0 rings (SSSR count). The molecular formula is C63H129NO7P+. The van der Waals surface area contributed by atoms with Crippen LogP contribution in [0.25, 0.3) is 0 Å². The largest absolute Gasteiger partial charge is 0.472 e. The number of hydrogen-bond donors (Lipinski definition) is 1. The van der Waals surface area contributed by atoms with E-state index in [0.29, 0.717) is 24.1 Å². The van der Waals surface area contributed by atoms with Gasteiger partial charge in [-0.05, 0) is 12.8 Å². The third kappa shape index (κ3) is 60.4. The predicted molar refractivity (Wildman–Crippen MR) is 312 cm³/mol. The van der Waals surface area contributed by atoms with Gasteiger partial charge in [-0.25, -0.2) is 4.57 Å². The first kappa shape index (κ1) is 71.5. The van der Waals surface area contributed by atoms with Gasteiger partial charge < -0.3 is 18.9 Å². The number of ether oxygens (including phenoxy) is 2. The van der Waals surface area contributed by atoms with Gasteiger partial charge in [0.2, 0.25) is 0 Å². The van der Waals surface area contributed by atoms with Gasteiger partial charge in [0.15, 0.2) is 0 Å². The highest BCUT2D eigenvalue weighted by Crippen LogP contribution is 2.43. The Kier molecular flexibility index (Phi) is 56.3. The lowest BCUT2D eigenvalue weighted by Gasteiger charge is -2.24. The summed E-state index contributed by atoms with van der Waals surface area (Å²) < 4.78 is 35.3. The van der Waals surface area contributed by atoms with Crippen LogP contribution in [0.5, 0.6) is 0 Å². The second kappa shape index (κ2) is 56.7. The number of quaternary nitrogens is 1. The maximum atomic E-state index is 12.8. The van der Waals surface area contributed by atoms with Gasteiger partial charge in [0.25, 0.3) is 0 Å². The standard InChI is InChI=1S/C63H128NO7P/c1-6-8-10-12-14-16-18-20-22-24-25-26-27-28-29-30-31-32-33-34-35-36-37-38-39-40-41-42-44-46-48-50-52-54-56-63(65)71-62(61-70-72(66,67)69-59-57-64(3,4)5)60-68-58-55-53-51-49-47-45-43-23-21-19-17-15-13-11-9-7-2/h62H,6-61H2,1-5H3/p+1/t62-/m1/s1. The number of phosphoric acid groups is 1. The molecule has 0 saturated carbocycles. The van der Waals surface area contributed by atoms with Crippen LogP contribution in [-0.2, 0) is 27.9 Å². The van der Waals surface area contributed by atoms with Gasteiger partial charge in [-0.15, -0.1) is 0 Å². The Bertz CT molecular complexity index is 1120. The number of carbonyl (C=O) groups is 1. The van der Waals surface area contributed by atoms with Crippen molar-refractivity contribution in [1.82, 2.24) is 0 Å². The van der Waals surface area contributed by atoms with E-state index in [-0.39, 0.29) is 25.8 Å². The zero-order valence-electron chi connectivity index (χ0n) is 49.5. The van der Waals surface area contributed by atoms with Crippen LogP contribution in [0.3, 0.4) is 0 Å². The SMILES string of the molecule is CCCCCCCCCCCCCCCCCCCCCCCCCCCCCCCCCCCCC(=O)O[C@H](COCCCCCCCCCCCCCCCCCC)COP(=O)(O)OCC[N+](C)(C)C. The number of likely N-dealkylation sites (N-methyl/N-ethyl adjacent to an activating group) is 1. The smallest absolute Gasteiger partial charge is 0.457 e. The van der Waals surface area contributed by atoms with E-state index in [2.05, 4.69) is 13.8 Å². The second-order valence-corrected chi connectivity index (χ2v) is 25.0. The number of carbonyl (C=O) groups excluding carboxylic acids is 1. The molecule has 0 aliphatic heterocycles. The second-order valence-electron chi connectivity index (χ2n) is 23.5. The van der Waals surface area contributed by atoms with Crippen LogP contribution in [0.15, 0.2) is 0 Å². The Labute approximate surface area is 450 Å². The molecule has 0 aromatic carbocycles. The molecule has 2 atom stereocenters. The lowest BCUT2D eigenvalue weighted by molar-refractivity contribution is -0.870. The maximum Gasteiger partial charge on any atom is 0.472 e. The molecule has 9 heteroatoms. The fraction of sp³-hybridized carbons (Fsp3) is 0.984. The van der Waals surface area contributed by atoms with Crippen molar-refractivity contribution >= 4 is 13.8 Å². The van der Waals surface area contributed by atoms with Crippen molar-refractivity contribution in [2.24, 2.45) is 0 Å². The Morgan fingerprint density at radius 2 is 0.639 bits per heavy atom. The van der Waals surface area contributed by atoms with Crippen LogP contribution in [0.4, 0.5) is 0 Å². The molecule has 0 fully saturated rings. The third-order valence-electron chi connectivity index (χ3n) is 14.9. The highest BCUT2D eigenvalue weighted by atomic mass is 31.2. The van der Waals surface area contributed by atoms with E-state index in [0.717, 1.165) is 32.1 Å². The van der Waals surface area contributed by atoms with Gasteiger partial charge >= 0.3 is 13.8 Å². The molecule has 0 aromatic heterocycles. The first-order chi connectivity index (χ1) is 35.1. The molecule has 0 aliphatic carbocycles. The van der Waals surface area contributed by atoms with Gasteiger partial charge in [0.1, 0.15) is 19.3 Å². The summed E-state index contributed by atoms with van der Waals surface area (Å²) in [6, 6.07) is 0. The molecule has 0 aromatic rings. The number of nitrogens with zero attached hydrogens (tertiary/aromatic N) is 1. The van der Waals surface area contributed by atoms with Crippen LogP contribution < -0.4 is 0 Å². The average Bonchev–Trinajstić information content (AvgIpc) is 3.34. The highest BCUT2D eigenvalue weighted by molar-refractivity contribution is 7.47. The van der Waals surface area contributed by atoms with Crippen molar-refractivity contribution in [3.63, 3.8) is 0 Å². The van der Waals surface area contributed by atoms with Gasteiger partial charge in [0, 0.05) is 13.0 Å².